The number of benzene rings is 1. The molecule has 3 saturated carbocycles. The zero-order chi connectivity index (χ0) is 25.4. The fourth-order valence-electron chi connectivity index (χ4n) is 9.92. The average Bonchev–Trinajstić information content (AvgIpc) is 3.61. The van der Waals surface area contributed by atoms with Crippen LogP contribution in [0, 0.1) is 28.6 Å². The highest BCUT2D eigenvalue weighted by atomic mass is 16.7. The Labute approximate surface area is 221 Å². The summed E-state index contributed by atoms with van der Waals surface area (Å²) in [4.78, 5) is 0. The zero-order valence-corrected chi connectivity index (χ0v) is 22.4. The Balaban J connectivity index is 1.29. The molecule has 0 radical (unpaired) electrons. The lowest BCUT2D eigenvalue weighted by atomic mass is 9.42. The molecule has 1 aromatic rings. The van der Waals surface area contributed by atoms with Crippen molar-refractivity contribution in [3.05, 3.63) is 53.6 Å². The highest BCUT2D eigenvalue weighted by Gasteiger charge is 2.72. The third kappa shape index (κ3) is 3.54. The molecule has 0 aromatic heterocycles. The summed E-state index contributed by atoms with van der Waals surface area (Å²) < 4.78 is 25.1. The van der Waals surface area contributed by atoms with Crippen LogP contribution in [-0.2, 0) is 18.9 Å². The predicted octanol–water partition coefficient (Wildman–Crippen LogP) is 5.88. The average molecular weight is 507 g/mol. The molecule has 6 aliphatic rings. The zero-order valence-electron chi connectivity index (χ0n) is 22.4. The van der Waals surface area contributed by atoms with Gasteiger partial charge in [0.2, 0.25) is 0 Å². The summed E-state index contributed by atoms with van der Waals surface area (Å²) in [6.07, 6.45) is 14.1. The fraction of sp³-hybridized carbons (Fsp3) is 0.688. The van der Waals surface area contributed by atoms with Crippen LogP contribution in [0.25, 0.3) is 6.08 Å². The Hall–Kier alpha value is -1.50. The molecule has 2 aliphatic heterocycles. The van der Waals surface area contributed by atoms with E-state index in [-0.39, 0.29) is 16.7 Å². The van der Waals surface area contributed by atoms with Gasteiger partial charge in [-0.1, -0.05) is 61.9 Å². The first kappa shape index (κ1) is 24.5. The molecule has 2 saturated heterocycles. The number of hydrogen-bond acceptors (Lipinski definition) is 5. The van der Waals surface area contributed by atoms with Crippen molar-refractivity contribution in [3.8, 4) is 0 Å². The van der Waals surface area contributed by atoms with E-state index in [1.807, 2.05) is 6.07 Å². The number of fused-ring (bicyclic) bond motifs is 6. The number of ether oxygens (including phenoxy) is 4. The molecule has 0 unspecified atom stereocenters. The fourth-order valence-corrected chi connectivity index (χ4v) is 9.92. The van der Waals surface area contributed by atoms with Gasteiger partial charge < -0.3 is 24.1 Å². The predicted molar refractivity (Wildman–Crippen MR) is 141 cm³/mol. The maximum absolute atomic E-state index is 12.9. The lowest BCUT2D eigenvalue weighted by molar-refractivity contribution is -0.278. The molecule has 2 spiro atoms. The van der Waals surface area contributed by atoms with Crippen LogP contribution >= 0.6 is 0 Å². The molecule has 200 valence electrons. The highest BCUT2D eigenvalue weighted by molar-refractivity contribution is 5.49. The van der Waals surface area contributed by atoms with Gasteiger partial charge in [0.05, 0.1) is 32.0 Å². The maximum atomic E-state index is 12.9. The molecule has 1 aromatic carbocycles. The smallest absolute Gasteiger partial charge is 0.188 e. The first-order chi connectivity index (χ1) is 17.8. The minimum absolute atomic E-state index is 0.0622. The van der Waals surface area contributed by atoms with Crippen molar-refractivity contribution in [1.82, 2.24) is 0 Å². The van der Waals surface area contributed by atoms with E-state index in [0.717, 1.165) is 38.5 Å². The lowest BCUT2D eigenvalue weighted by Gasteiger charge is -2.65. The van der Waals surface area contributed by atoms with E-state index in [2.05, 4.69) is 56.3 Å². The monoisotopic (exact) mass is 506 g/mol. The maximum Gasteiger partial charge on any atom is 0.188 e. The van der Waals surface area contributed by atoms with Crippen molar-refractivity contribution in [2.24, 2.45) is 28.6 Å². The van der Waals surface area contributed by atoms with Crippen LogP contribution in [0.3, 0.4) is 0 Å². The summed E-state index contributed by atoms with van der Waals surface area (Å²) in [7, 11) is 0. The van der Waals surface area contributed by atoms with Crippen LogP contribution in [0.1, 0.15) is 70.8 Å². The minimum atomic E-state index is -0.843. The first-order valence-corrected chi connectivity index (χ1v) is 14.5. The quantitative estimate of drug-likeness (QED) is 0.519. The molecule has 37 heavy (non-hydrogen) atoms. The molecule has 5 fully saturated rings. The lowest BCUT2D eigenvalue weighted by Crippen LogP contribution is -2.65. The summed E-state index contributed by atoms with van der Waals surface area (Å²) in [5, 5.41) is 12.9. The second-order valence-corrected chi connectivity index (χ2v) is 13.1. The van der Waals surface area contributed by atoms with Crippen molar-refractivity contribution in [2.45, 2.75) is 82.4 Å². The van der Waals surface area contributed by atoms with Crippen molar-refractivity contribution in [2.75, 3.05) is 26.4 Å². The van der Waals surface area contributed by atoms with E-state index in [4.69, 9.17) is 18.9 Å². The highest BCUT2D eigenvalue weighted by Crippen LogP contribution is 2.72. The largest absolute Gasteiger partial charge is 0.389 e. The SMILES string of the molecule is C[C@]12CCC3(C=C1CC[C@@H]1[C@@H]2[C@](O)(C/C=C/c2ccccc2)C[C@@]2(C)[C@H]1CCC21OCCO1)OCCO3. The van der Waals surface area contributed by atoms with Crippen LogP contribution in [0.15, 0.2) is 48.1 Å². The van der Waals surface area contributed by atoms with Crippen LogP contribution < -0.4 is 0 Å². The Kier molecular flexibility index (Phi) is 5.63. The molecule has 5 nitrogen and oxygen atoms in total. The molecular formula is C32H42O5. The second kappa shape index (κ2) is 8.50. The minimum Gasteiger partial charge on any atom is -0.389 e. The van der Waals surface area contributed by atoms with Gasteiger partial charge in [0.25, 0.3) is 0 Å². The molecule has 7 rings (SSSR count). The van der Waals surface area contributed by atoms with Gasteiger partial charge in [-0.15, -0.1) is 0 Å². The molecular weight excluding hydrogens is 464 g/mol. The van der Waals surface area contributed by atoms with Crippen LogP contribution in [0.4, 0.5) is 0 Å². The van der Waals surface area contributed by atoms with Crippen molar-refractivity contribution in [3.63, 3.8) is 0 Å². The van der Waals surface area contributed by atoms with Crippen LogP contribution in [0.5, 0.6) is 0 Å². The number of allylic oxidation sites excluding steroid dienone is 1. The van der Waals surface area contributed by atoms with Gasteiger partial charge in [-0.2, -0.15) is 0 Å². The van der Waals surface area contributed by atoms with Gasteiger partial charge in [0.1, 0.15) is 0 Å². The third-order valence-electron chi connectivity index (χ3n) is 11.3. The Morgan fingerprint density at radius 1 is 0.919 bits per heavy atom. The van der Waals surface area contributed by atoms with Gasteiger partial charge in [-0.05, 0) is 67.4 Å². The van der Waals surface area contributed by atoms with Gasteiger partial charge in [0.15, 0.2) is 11.6 Å². The molecule has 2 heterocycles. The van der Waals surface area contributed by atoms with Gasteiger partial charge in [-0.3, -0.25) is 0 Å². The molecule has 4 aliphatic carbocycles. The van der Waals surface area contributed by atoms with Crippen LogP contribution in [-0.4, -0.2) is 48.7 Å². The summed E-state index contributed by atoms with van der Waals surface area (Å²) in [6, 6.07) is 10.4. The first-order valence-electron chi connectivity index (χ1n) is 14.5. The van der Waals surface area contributed by atoms with E-state index in [9.17, 15) is 5.11 Å². The summed E-state index contributed by atoms with van der Waals surface area (Å²) in [5.41, 5.74) is 1.52. The normalized spacial score (nSPS) is 43.6. The standard InChI is InChI=1S/C32H42O5/c1-28-15-16-31(34-17-18-35-31)21-24(28)10-11-25-26-12-14-32(36-19-20-37-32)29(26,2)22-30(33,27(25)28)13-6-9-23-7-4-3-5-8-23/h3-9,21,25-27,33H,10-20,22H2,1-2H3/b9-6+/t25-,26-,27-,28-,29-,30-/m0/s1. The summed E-state index contributed by atoms with van der Waals surface area (Å²) >= 11 is 0. The summed E-state index contributed by atoms with van der Waals surface area (Å²) in [5.74, 6) is 0.0524. The van der Waals surface area contributed by atoms with E-state index in [1.165, 1.54) is 11.1 Å². The molecule has 5 heteroatoms. The van der Waals surface area contributed by atoms with Gasteiger partial charge in [-0.25, -0.2) is 0 Å². The Bertz CT molecular complexity index is 1080. The number of aliphatic hydroxyl groups is 1. The van der Waals surface area contributed by atoms with Gasteiger partial charge in [0, 0.05) is 24.2 Å². The molecule has 0 bridgehead atoms. The van der Waals surface area contributed by atoms with E-state index in [0.29, 0.717) is 51.1 Å². The Morgan fingerprint density at radius 3 is 2.41 bits per heavy atom. The number of rotatable bonds is 3. The van der Waals surface area contributed by atoms with Crippen molar-refractivity contribution < 1.29 is 24.1 Å². The second-order valence-electron chi connectivity index (χ2n) is 13.1. The van der Waals surface area contributed by atoms with Crippen LogP contribution in [0.2, 0.25) is 0 Å². The van der Waals surface area contributed by atoms with E-state index < -0.39 is 17.2 Å². The molecule has 0 amide bonds. The van der Waals surface area contributed by atoms with E-state index >= 15 is 0 Å². The van der Waals surface area contributed by atoms with Crippen molar-refractivity contribution in [1.29, 1.82) is 0 Å². The molecule has 6 atom stereocenters. The van der Waals surface area contributed by atoms with Gasteiger partial charge >= 0.3 is 0 Å². The third-order valence-corrected chi connectivity index (χ3v) is 11.3. The van der Waals surface area contributed by atoms with Crippen molar-refractivity contribution >= 4 is 6.08 Å². The summed E-state index contributed by atoms with van der Waals surface area (Å²) in [6.45, 7) is 7.46. The Morgan fingerprint density at radius 2 is 1.65 bits per heavy atom. The molecule has 1 N–H and O–H groups in total. The van der Waals surface area contributed by atoms with E-state index in [1.54, 1.807) is 0 Å². The number of hydrogen-bond donors (Lipinski definition) is 1. The topological polar surface area (TPSA) is 57.2 Å².